The number of hydrogen-bond donors (Lipinski definition) is 1. The van der Waals surface area contributed by atoms with Crippen molar-refractivity contribution in [3.8, 4) is 0 Å². The molecule has 82 valence electrons. The van der Waals surface area contributed by atoms with Gasteiger partial charge in [-0.1, -0.05) is 28.1 Å². The van der Waals surface area contributed by atoms with Gasteiger partial charge in [0.1, 0.15) is 6.04 Å². The molecule has 1 N–H and O–H groups in total. The molecule has 0 spiro atoms. The van der Waals surface area contributed by atoms with Crippen molar-refractivity contribution in [2.75, 3.05) is 14.1 Å². The molecule has 0 aliphatic carbocycles. The molecule has 4 heteroatoms. The third kappa shape index (κ3) is 3.64. The lowest BCUT2D eigenvalue weighted by Crippen LogP contribution is -2.37. The maximum absolute atomic E-state index is 11.0. The molecule has 1 aromatic carbocycles. The molecule has 1 atom stereocenters. The Labute approximate surface area is 97.8 Å². The van der Waals surface area contributed by atoms with Gasteiger partial charge in [-0.25, -0.2) is 0 Å². The predicted octanol–water partition coefficient (Wildman–Crippen LogP) is 2.01. The molecule has 0 aliphatic rings. The van der Waals surface area contributed by atoms with E-state index < -0.39 is 12.0 Å². The van der Waals surface area contributed by atoms with Crippen LogP contribution in [0.3, 0.4) is 0 Å². The van der Waals surface area contributed by atoms with Gasteiger partial charge in [0.2, 0.25) is 0 Å². The van der Waals surface area contributed by atoms with Gasteiger partial charge in [0.15, 0.2) is 0 Å². The van der Waals surface area contributed by atoms with Crippen molar-refractivity contribution >= 4 is 21.9 Å². The standard InChI is InChI=1S/C11H14BrNO2/c1-13(2)10(11(14)15)7-8-4-3-5-9(12)6-8/h3-6,10H,7H2,1-2H3,(H,14,15). The zero-order valence-electron chi connectivity index (χ0n) is 8.77. The second kappa shape index (κ2) is 5.28. The fourth-order valence-electron chi connectivity index (χ4n) is 1.38. The van der Waals surface area contributed by atoms with Gasteiger partial charge in [-0.3, -0.25) is 9.69 Å². The van der Waals surface area contributed by atoms with Crippen LogP contribution in [-0.2, 0) is 11.2 Å². The van der Waals surface area contributed by atoms with E-state index in [-0.39, 0.29) is 0 Å². The number of likely N-dealkylation sites (N-methyl/N-ethyl adjacent to an activating group) is 1. The summed E-state index contributed by atoms with van der Waals surface area (Å²) < 4.78 is 0.975. The van der Waals surface area contributed by atoms with E-state index in [1.54, 1.807) is 19.0 Å². The Balaban J connectivity index is 2.79. The molecule has 0 heterocycles. The van der Waals surface area contributed by atoms with Gasteiger partial charge < -0.3 is 5.11 Å². The summed E-state index contributed by atoms with van der Waals surface area (Å²) in [4.78, 5) is 12.7. The van der Waals surface area contributed by atoms with Crippen molar-refractivity contribution < 1.29 is 9.90 Å². The topological polar surface area (TPSA) is 40.5 Å². The van der Waals surface area contributed by atoms with Gasteiger partial charge in [-0.15, -0.1) is 0 Å². The smallest absolute Gasteiger partial charge is 0.321 e. The Hall–Kier alpha value is -0.870. The second-order valence-corrected chi connectivity index (χ2v) is 4.57. The third-order valence-corrected chi connectivity index (χ3v) is 2.72. The van der Waals surface area contributed by atoms with Crippen LogP contribution in [0.4, 0.5) is 0 Å². The Morgan fingerprint density at radius 2 is 2.20 bits per heavy atom. The van der Waals surface area contributed by atoms with E-state index in [0.717, 1.165) is 10.0 Å². The molecule has 1 rings (SSSR count). The van der Waals surface area contributed by atoms with Crippen LogP contribution in [0.5, 0.6) is 0 Å². The van der Waals surface area contributed by atoms with Crippen LogP contribution in [0.2, 0.25) is 0 Å². The molecule has 1 unspecified atom stereocenters. The van der Waals surface area contributed by atoms with Crippen molar-refractivity contribution in [2.45, 2.75) is 12.5 Å². The summed E-state index contributed by atoms with van der Waals surface area (Å²) in [6.07, 6.45) is 0.516. The lowest BCUT2D eigenvalue weighted by Gasteiger charge is -2.19. The van der Waals surface area contributed by atoms with Crippen molar-refractivity contribution in [2.24, 2.45) is 0 Å². The highest BCUT2D eigenvalue weighted by Crippen LogP contribution is 2.14. The minimum Gasteiger partial charge on any atom is -0.480 e. The lowest BCUT2D eigenvalue weighted by molar-refractivity contribution is -0.142. The van der Waals surface area contributed by atoms with Crippen LogP contribution >= 0.6 is 15.9 Å². The first kappa shape index (κ1) is 12.2. The van der Waals surface area contributed by atoms with Gasteiger partial charge in [0.05, 0.1) is 0 Å². The minimum atomic E-state index is -0.792. The normalized spacial score (nSPS) is 12.8. The maximum atomic E-state index is 11.0. The number of hydrogen-bond acceptors (Lipinski definition) is 2. The van der Waals surface area contributed by atoms with E-state index in [1.165, 1.54) is 0 Å². The van der Waals surface area contributed by atoms with E-state index in [0.29, 0.717) is 6.42 Å². The summed E-state index contributed by atoms with van der Waals surface area (Å²) in [5.74, 6) is -0.792. The first-order valence-electron chi connectivity index (χ1n) is 4.64. The quantitative estimate of drug-likeness (QED) is 0.911. The SMILES string of the molecule is CN(C)C(Cc1cccc(Br)c1)C(=O)O. The molecule has 0 aliphatic heterocycles. The average Bonchev–Trinajstić information content (AvgIpc) is 2.13. The fraction of sp³-hybridized carbons (Fsp3) is 0.364. The molecule has 0 saturated heterocycles. The highest BCUT2D eigenvalue weighted by molar-refractivity contribution is 9.10. The van der Waals surface area contributed by atoms with Crippen LogP contribution in [-0.4, -0.2) is 36.1 Å². The van der Waals surface area contributed by atoms with Crippen molar-refractivity contribution in [1.29, 1.82) is 0 Å². The molecule has 1 aromatic rings. The number of halogens is 1. The maximum Gasteiger partial charge on any atom is 0.321 e. The molecule has 0 radical (unpaired) electrons. The molecular formula is C11H14BrNO2. The molecule has 0 bridgehead atoms. The molecule has 3 nitrogen and oxygen atoms in total. The summed E-state index contributed by atoms with van der Waals surface area (Å²) in [5, 5.41) is 9.02. The van der Waals surface area contributed by atoms with Gasteiger partial charge in [0.25, 0.3) is 0 Å². The highest BCUT2D eigenvalue weighted by atomic mass is 79.9. The van der Waals surface area contributed by atoms with Crippen LogP contribution < -0.4 is 0 Å². The number of aliphatic carboxylic acids is 1. The summed E-state index contributed by atoms with van der Waals surface area (Å²) in [6, 6.07) is 7.24. The summed E-state index contributed by atoms with van der Waals surface area (Å²) in [6.45, 7) is 0. The zero-order valence-corrected chi connectivity index (χ0v) is 10.4. The highest BCUT2D eigenvalue weighted by Gasteiger charge is 2.19. The first-order valence-corrected chi connectivity index (χ1v) is 5.43. The van der Waals surface area contributed by atoms with Crippen molar-refractivity contribution in [3.63, 3.8) is 0 Å². The Kier molecular flexibility index (Phi) is 4.29. The molecule has 0 saturated carbocycles. The summed E-state index contributed by atoms with van der Waals surface area (Å²) in [7, 11) is 3.55. The minimum absolute atomic E-state index is 0.473. The first-order chi connectivity index (χ1) is 7.00. The van der Waals surface area contributed by atoms with Crippen molar-refractivity contribution in [3.05, 3.63) is 34.3 Å². The Morgan fingerprint density at radius 1 is 1.53 bits per heavy atom. The van der Waals surface area contributed by atoms with Gasteiger partial charge >= 0.3 is 5.97 Å². The van der Waals surface area contributed by atoms with E-state index >= 15 is 0 Å². The van der Waals surface area contributed by atoms with Gasteiger partial charge in [-0.05, 0) is 38.2 Å². The van der Waals surface area contributed by atoms with Crippen LogP contribution in [0.25, 0.3) is 0 Å². The molecule has 0 fully saturated rings. The summed E-state index contributed by atoms with van der Waals surface area (Å²) >= 11 is 3.37. The number of nitrogens with zero attached hydrogens (tertiary/aromatic N) is 1. The summed E-state index contributed by atoms with van der Waals surface area (Å²) in [5.41, 5.74) is 1.02. The molecular weight excluding hydrogens is 258 g/mol. The monoisotopic (exact) mass is 271 g/mol. The molecule has 0 amide bonds. The number of benzene rings is 1. The lowest BCUT2D eigenvalue weighted by atomic mass is 10.1. The van der Waals surface area contributed by atoms with Crippen LogP contribution in [0, 0.1) is 0 Å². The molecule has 15 heavy (non-hydrogen) atoms. The fourth-order valence-corrected chi connectivity index (χ4v) is 1.82. The Morgan fingerprint density at radius 3 is 2.67 bits per heavy atom. The Bertz CT molecular complexity index is 352. The largest absolute Gasteiger partial charge is 0.480 e. The van der Waals surface area contributed by atoms with Gasteiger partial charge in [0, 0.05) is 4.47 Å². The van der Waals surface area contributed by atoms with E-state index in [9.17, 15) is 4.79 Å². The van der Waals surface area contributed by atoms with E-state index in [4.69, 9.17) is 5.11 Å². The van der Waals surface area contributed by atoms with E-state index in [1.807, 2.05) is 24.3 Å². The zero-order chi connectivity index (χ0) is 11.4. The number of carboxylic acids is 1. The van der Waals surface area contributed by atoms with Crippen LogP contribution in [0.1, 0.15) is 5.56 Å². The van der Waals surface area contributed by atoms with Crippen molar-refractivity contribution in [1.82, 2.24) is 4.90 Å². The average molecular weight is 272 g/mol. The number of rotatable bonds is 4. The third-order valence-electron chi connectivity index (χ3n) is 2.23. The number of carboxylic acid groups (broad SMARTS) is 1. The van der Waals surface area contributed by atoms with Crippen LogP contribution in [0.15, 0.2) is 28.7 Å². The van der Waals surface area contributed by atoms with E-state index in [2.05, 4.69) is 15.9 Å². The molecule has 0 aromatic heterocycles. The van der Waals surface area contributed by atoms with Gasteiger partial charge in [-0.2, -0.15) is 0 Å². The number of carbonyl (C=O) groups is 1. The second-order valence-electron chi connectivity index (χ2n) is 3.65. The predicted molar refractivity (Wildman–Crippen MR) is 63.0 cm³/mol.